The lowest BCUT2D eigenvalue weighted by molar-refractivity contribution is 1.30. The first-order valence-corrected chi connectivity index (χ1v) is 13.4. The summed E-state index contributed by atoms with van der Waals surface area (Å²) in [5.41, 5.74) is 5.81. The largest absolute Gasteiger partial charge is 0.310 e. The molecule has 0 radical (unpaired) electrons. The number of rotatable bonds is 5. The molecule has 7 rings (SSSR count). The highest BCUT2D eigenvalue weighted by Gasteiger charge is 2.14. The van der Waals surface area contributed by atoms with Crippen LogP contribution in [0.4, 0.5) is 17.1 Å². The lowest BCUT2D eigenvalue weighted by Gasteiger charge is -2.27. The number of nitrogens with zero attached hydrogens (tertiary/aromatic N) is 1. The molecule has 184 valence electrons. The van der Waals surface area contributed by atoms with Crippen LogP contribution in [0.15, 0.2) is 152 Å². The molecule has 39 heavy (non-hydrogen) atoms. The maximum atomic E-state index is 2.34. The lowest BCUT2D eigenvalue weighted by atomic mass is 10.0. The average Bonchev–Trinajstić information content (AvgIpc) is 3.00. The summed E-state index contributed by atoms with van der Waals surface area (Å²) in [5.74, 6) is 0. The van der Waals surface area contributed by atoms with Crippen molar-refractivity contribution in [2.24, 2.45) is 0 Å². The number of hydrogen-bond acceptors (Lipinski definition) is 1. The fraction of sp³-hybridized carbons (Fsp3) is 0. The molecule has 0 fully saturated rings. The monoisotopic (exact) mass is 497 g/mol. The Morgan fingerprint density at radius 2 is 0.923 bits per heavy atom. The summed E-state index contributed by atoms with van der Waals surface area (Å²) in [6.07, 6.45) is 4.39. The topological polar surface area (TPSA) is 3.24 Å². The number of para-hydroxylation sites is 1. The van der Waals surface area contributed by atoms with Crippen LogP contribution in [0.3, 0.4) is 0 Å². The Kier molecular flexibility index (Phi) is 5.88. The van der Waals surface area contributed by atoms with E-state index in [0.717, 1.165) is 11.4 Å². The van der Waals surface area contributed by atoms with E-state index in [-0.39, 0.29) is 0 Å². The maximum Gasteiger partial charge on any atom is 0.0540 e. The average molecular weight is 498 g/mol. The summed E-state index contributed by atoms with van der Waals surface area (Å²) in [4.78, 5) is 2.34. The predicted molar refractivity (Wildman–Crippen MR) is 169 cm³/mol. The van der Waals surface area contributed by atoms with E-state index in [2.05, 4.69) is 169 Å². The molecular weight excluding hydrogens is 470 g/mol. The van der Waals surface area contributed by atoms with E-state index in [1.165, 1.54) is 49.1 Å². The Morgan fingerprint density at radius 3 is 1.72 bits per heavy atom. The highest BCUT2D eigenvalue weighted by molar-refractivity contribution is 6.00. The smallest absolute Gasteiger partial charge is 0.0540 e. The molecule has 0 aliphatic rings. The normalized spacial score (nSPS) is 11.5. The second-order valence-electron chi connectivity index (χ2n) is 9.90. The predicted octanol–water partition coefficient (Wildman–Crippen LogP) is 10.8. The van der Waals surface area contributed by atoms with E-state index in [4.69, 9.17) is 0 Å². The zero-order chi connectivity index (χ0) is 26.0. The van der Waals surface area contributed by atoms with Crippen LogP contribution < -0.4 is 4.90 Å². The van der Waals surface area contributed by atoms with Gasteiger partial charge >= 0.3 is 0 Å². The maximum absolute atomic E-state index is 2.34. The Hall–Kier alpha value is -5.14. The second kappa shape index (κ2) is 9.96. The molecule has 0 unspecified atom stereocenters. The molecule has 0 atom stereocenters. The van der Waals surface area contributed by atoms with Crippen molar-refractivity contribution in [2.45, 2.75) is 0 Å². The van der Waals surface area contributed by atoms with Crippen molar-refractivity contribution < 1.29 is 0 Å². The molecule has 1 nitrogen and oxygen atoms in total. The highest BCUT2D eigenvalue weighted by atomic mass is 15.1. The Bertz CT molecular complexity index is 1940. The zero-order valence-electron chi connectivity index (χ0n) is 21.5. The first kappa shape index (κ1) is 23.0. The summed E-state index contributed by atoms with van der Waals surface area (Å²) in [6.45, 7) is 0. The van der Waals surface area contributed by atoms with Gasteiger partial charge in [-0.15, -0.1) is 0 Å². The standard InChI is InChI=1S/C38H27N/c1-2-13-35(14-3-1)39(38-16-8-12-30-9-6-7-15-37(30)38)36-23-20-28(21-24-36)17-18-29-19-22-33-26-31-10-4-5-11-32(31)27-34(33)25-29/h1-27H/b18-17+. The Balaban J connectivity index is 1.22. The number of fused-ring (bicyclic) bond motifs is 3. The van der Waals surface area contributed by atoms with Gasteiger partial charge in [0.1, 0.15) is 0 Å². The number of anilines is 3. The SMILES string of the molecule is C(=C\c1ccc2cc3ccccc3cc2c1)/c1ccc(N(c2ccccc2)c2cccc3ccccc23)cc1. The van der Waals surface area contributed by atoms with Gasteiger partial charge in [0, 0.05) is 16.8 Å². The Morgan fingerprint density at radius 1 is 0.359 bits per heavy atom. The van der Waals surface area contributed by atoms with Crippen LogP contribution in [-0.4, -0.2) is 0 Å². The molecule has 0 saturated heterocycles. The van der Waals surface area contributed by atoms with Gasteiger partial charge in [0.15, 0.2) is 0 Å². The molecule has 0 aliphatic carbocycles. The van der Waals surface area contributed by atoms with Crippen molar-refractivity contribution in [3.63, 3.8) is 0 Å². The van der Waals surface area contributed by atoms with Crippen molar-refractivity contribution in [1.29, 1.82) is 0 Å². The van der Waals surface area contributed by atoms with Gasteiger partial charge in [0.2, 0.25) is 0 Å². The molecule has 0 amide bonds. The van der Waals surface area contributed by atoms with Gasteiger partial charge in [-0.05, 0) is 86.6 Å². The third-order valence-corrected chi connectivity index (χ3v) is 7.37. The number of hydrogen-bond donors (Lipinski definition) is 0. The Labute approximate surface area is 228 Å². The van der Waals surface area contributed by atoms with E-state index in [1.54, 1.807) is 0 Å². The van der Waals surface area contributed by atoms with Gasteiger partial charge in [-0.3, -0.25) is 0 Å². The molecule has 7 aromatic carbocycles. The molecule has 0 aromatic heterocycles. The van der Waals surface area contributed by atoms with Gasteiger partial charge < -0.3 is 4.90 Å². The minimum absolute atomic E-state index is 1.13. The highest BCUT2D eigenvalue weighted by Crippen LogP contribution is 2.38. The lowest BCUT2D eigenvalue weighted by Crippen LogP contribution is -2.10. The second-order valence-corrected chi connectivity index (χ2v) is 9.90. The van der Waals surface area contributed by atoms with Gasteiger partial charge in [0.25, 0.3) is 0 Å². The molecule has 0 spiro atoms. The van der Waals surface area contributed by atoms with Crippen LogP contribution in [0.5, 0.6) is 0 Å². The molecule has 0 heterocycles. The molecule has 0 bridgehead atoms. The molecule has 7 aromatic rings. The van der Waals surface area contributed by atoms with E-state index in [1.807, 2.05) is 0 Å². The minimum atomic E-state index is 1.13. The van der Waals surface area contributed by atoms with Crippen LogP contribution in [0, 0.1) is 0 Å². The quantitative estimate of drug-likeness (QED) is 0.169. The molecule has 0 aliphatic heterocycles. The van der Waals surface area contributed by atoms with Crippen LogP contribution in [-0.2, 0) is 0 Å². The fourth-order valence-electron chi connectivity index (χ4n) is 5.40. The molecule has 0 saturated carbocycles. The fourth-order valence-corrected chi connectivity index (χ4v) is 5.40. The van der Waals surface area contributed by atoms with E-state index < -0.39 is 0 Å². The third-order valence-electron chi connectivity index (χ3n) is 7.37. The summed E-state index contributed by atoms with van der Waals surface area (Å²) < 4.78 is 0. The minimum Gasteiger partial charge on any atom is -0.310 e. The van der Waals surface area contributed by atoms with Gasteiger partial charge in [-0.1, -0.05) is 115 Å². The van der Waals surface area contributed by atoms with Gasteiger partial charge in [0.05, 0.1) is 5.69 Å². The molecular formula is C38H27N. The summed E-state index contributed by atoms with van der Waals surface area (Å²) in [7, 11) is 0. The first-order chi connectivity index (χ1) is 19.3. The van der Waals surface area contributed by atoms with Gasteiger partial charge in [-0.25, -0.2) is 0 Å². The van der Waals surface area contributed by atoms with Crippen molar-refractivity contribution in [1.82, 2.24) is 0 Å². The van der Waals surface area contributed by atoms with Crippen molar-refractivity contribution in [2.75, 3.05) is 4.90 Å². The van der Waals surface area contributed by atoms with E-state index >= 15 is 0 Å². The van der Waals surface area contributed by atoms with Crippen LogP contribution in [0.25, 0.3) is 44.5 Å². The van der Waals surface area contributed by atoms with E-state index in [0.29, 0.717) is 0 Å². The van der Waals surface area contributed by atoms with Crippen LogP contribution in [0.2, 0.25) is 0 Å². The van der Waals surface area contributed by atoms with Crippen LogP contribution >= 0.6 is 0 Å². The summed E-state index contributed by atoms with van der Waals surface area (Å²) in [5, 5.41) is 7.55. The summed E-state index contributed by atoms with van der Waals surface area (Å²) in [6, 6.07) is 54.2. The number of benzene rings is 7. The first-order valence-electron chi connectivity index (χ1n) is 13.4. The molecule has 1 heteroatoms. The molecule has 0 N–H and O–H groups in total. The van der Waals surface area contributed by atoms with Crippen molar-refractivity contribution in [3.8, 4) is 0 Å². The van der Waals surface area contributed by atoms with E-state index in [9.17, 15) is 0 Å². The summed E-state index contributed by atoms with van der Waals surface area (Å²) >= 11 is 0. The van der Waals surface area contributed by atoms with Crippen molar-refractivity contribution >= 4 is 61.5 Å². The van der Waals surface area contributed by atoms with Crippen molar-refractivity contribution in [3.05, 3.63) is 163 Å². The third kappa shape index (κ3) is 4.56. The zero-order valence-corrected chi connectivity index (χ0v) is 21.5. The van der Waals surface area contributed by atoms with Crippen LogP contribution in [0.1, 0.15) is 11.1 Å². The van der Waals surface area contributed by atoms with Gasteiger partial charge in [-0.2, -0.15) is 0 Å².